The molecule has 0 amide bonds. The minimum absolute atomic E-state index is 0.582. The van der Waals surface area contributed by atoms with Crippen LogP contribution in [0.3, 0.4) is 0 Å². The van der Waals surface area contributed by atoms with Crippen molar-refractivity contribution >= 4 is 33.9 Å². The molecule has 0 fully saturated rings. The van der Waals surface area contributed by atoms with E-state index in [1.807, 2.05) is 84.9 Å². The molecule has 0 unspecified atom stereocenters. The fourth-order valence-electron chi connectivity index (χ4n) is 2.75. The summed E-state index contributed by atoms with van der Waals surface area (Å²) in [6, 6.07) is 27.4. The molecule has 0 aliphatic rings. The standard InChI is InChI=1S/C21H14BCl2N3/c23-22(24)18-13-7-12-17(14-18)21-26-19(15-8-3-1-4-9-15)25-20(27-21)16-10-5-2-6-11-16/h1-14H. The topological polar surface area (TPSA) is 38.7 Å². The highest BCUT2D eigenvalue weighted by atomic mass is 35.5. The van der Waals surface area contributed by atoms with Crippen LogP contribution in [0, 0.1) is 0 Å². The van der Waals surface area contributed by atoms with Crippen LogP contribution in [-0.2, 0) is 0 Å². The fourth-order valence-corrected chi connectivity index (χ4v) is 3.02. The zero-order chi connectivity index (χ0) is 18.6. The van der Waals surface area contributed by atoms with Crippen LogP contribution in [-0.4, -0.2) is 20.5 Å². The molecule has 0 saturated heterocycles. The Morgan fingerprint density at radius 3 is 1.44 bits per heavy atom. The van der Waals surface area contributed by atoms with Crippen LogP contribution in [0.1, 0.15) is 0 Å². The van der Waals surface area contributed by atoms with Crippen molar-refractivity contribution in [1.29, 1.82) is 0 Å². The van der Waals surface area contributed by atoms with E-state index in [0.717, 1.165) is 22.2 Å². The van der Waals surface area contributed by atoms with Gasteiger partial charge in [0, 0.05) is 16.7 Å². The molecule has 4 aromatic rings. The zero-order valence-electron chi connectivity index (χ0n) is 14.3. The van der Waals surface area contributed by atoms with Gasteiger partial charge in [0.05, 0.1) is 0 Å². The van der Waals surface area contributed by atoms with Crippen LogP contribution >= 0.6 is 22.9 Å². The summed E-state index contributed by atoms with van der Waals surface area (Å²) in [5.74, 6) is 1.83. The van der Waals surface area contributed by atoms with Gasteiger partial charge in [0.15, 0.2) is 17.5 Å². The number of hydrogen-bond donors (Lipinski definition) is 0. The monoisotopic (exact) mass is 389 g/mol. The molecule has 0 saturated carbocycles. The molecule has 0 N–H and O–H groups in total. The lowest BCUT2D eigenvalue weighted by Gasteiger charge is -2.09. The van der Waals surface area contributed by atoms with E-state index in [1.54, 1.807) is 0 Å². The molecule has 27 heavy (non-hydrogen) atoms. The first-order chi connectivity index (χ1) is 13.2. The van der Waals surface area contributed by atoms with Crippen molar-refractivity contribution in [3.05, 3.63) is 84.9 Å². The molecule has 0 atom stereocenters. The Labute approximate surface area is 168 Å². The van der Waals surface area contributed by atoms with E-state index in [4.69, 9.17) is 32.9 Å². The van der Waals surface area contributed by atoms with Gasteiger partial charge in [-0.1, -0.05) is 84.9 Å². The number of rotatable bonds is 4. The second kappa shape index (κ2) is 7.91. The predicted molar refractivity (Wildman–Crippen MR) is 113 cm³/mol. The molecule has 3 nitrogen and oxygen atoms in total. The summed E-state index contributed by atoms with van der Waals surface area (Å²) in [4.78, 5) is 14.1. The maximum atomic E-state index is 6.03. The Morgan fingerprint density at radius 2 is 0.963 bits per heavy atom. The second-order valence-corrected chi connectivity index (χ2v) is 7.06. The van der Waals surface area contributed by atoms with E-state index < -0.39 is 5.54 Å². The second-order valence-electron chi connectivity index (χ2n) is 5.96. The lowest BCUT2D eigenvalue weighted by molar-refractivity contribution is 1.07. The van der Waals surface area contributed by atoms with Crippen LogP contribution in [0.5, 0.6) is 0 Å². The molecule has 130 valence electrons. The van der Waals surface area contributed by atoms with Crippen molar-refractivity contribution in [2.24, 2.45) is 0 Å². The SMILES string of the molecule is ClB(Cl)c1cccc(-c2nc(-c3ccccc3)nc(-c3ccccc3)n2)c1. The van der Waals surface area contributed by atoms with E-state index in [1.165, 1.54) is 0 Å². The Bertz CT molecular complexity index is 999. The summed E-state index contributed by atoms with van der Waals surface area (Å²) in [6.45, 7) is 0. The third kappa shape index (κ3) is 4.02. The molecule has 0 bridgehead atoms. The highest BCUT2D eigenvalue weighted by Crippen LogP contribution is 2.24. The largest absolute Gasteiger partial charge is 0.382 e. The third-order valence-corrected chi connectivity index (χ3v) is 4.60. The normalized spacial score (nSPS) is 10.6. The average Bonchev–Trinajstić information content (AvgIpc) is 2.75. The number of hydrogen-bond acceptors (Lipinski definition) is 3. The Morgan fingerprint density at radius 1 is 0.519 bits per heavy atom. The molecular formula is C21H14BCl2N3. The van der Waals surface area contributed by atoms with E-state index in [-0.39, 0.29) is 0 Å². The molecule has 0 aliphatic carbocycles. The first-order valence-electron chi connectivity index (χ1n) is 8.46. The summed E-state index contributed by atoms with van der Waals surface area (Å²) in [7, 11) is 0. The Hall–Kier alpha value is -2.69. The maximum absolute atomic E-state index is 6.03. The van der Waals surface area contributed by atoms with Crippen LogP contribution < -0.4 is 5.46 Å². The lowest BCUT2D eigenvalue weighted by atomic mass is 9.91. The molecular weight excluding hydrogens is 376 g/mol. The van der Waals surface area contributed by atoms with Crippen molar-refractivity contribution in [2.45, 2.75) is 0 Å². The minimum atomic E-state index is -0.603. The van der Waals surface area contributed by atoms with E-state index in [2.05, 4.69) is 4.98 Å². The van der Waals surface area contributed by atoms with Crippen molar-refractivity contribution in [3.63, 3.8) is 0 Å². The van der Waals surface area contributed by atoms with E-state index in [0.29, 0.717) is 17.5 Å². The summed E-state index contributed by atoms with van der Waals surface area (Å²) in [5.41, 5.74) is 2.91. The molecule has 6 heteroatoms. The fraction of sp³-hybridized carbons (Fsp3) is 0. The number of nitrogens with zero attached hydrogens (tertiary/aromatic N) is 3. The first-order valence-corrected chi connectivity index (χ1v) is 9.33. The predicted octanol–water partition coefficient (Wildman–Crippen LogP) is 5.05. The molecule has 1 aromatic heterocycles. The molecule has 0 radical (unpaired) electrons. The highest BCUT2D eigenvalue weighted by Gasteiger charge is 2.14. The minimum Gasteiger partial charge on any atom is -0.208 e. The van der Waals surface area contributed by atoms with Crippen LogP contribution in [0.2, 0.25) is 0 Å². The molecule has 1 heterocycles. The molecule has 4 rings (SSSR count). The number of benzene rings is 3. The molecule has 3 aromatic carbocycles. The van der Waals surface area contributed by atoms with Gasteiger partial charge in [-0.05, 0) is 5.46 Å². The van der Waals surface area contributed by atoms with Crippen LogP contribution in [0.25, 0.3) is 34.2 Å². The van der Waals surface area contributed by atoms with E-state index >= 15 is 0 Å². The quantitative estimate of drug-likeness (QED) is 0.458. The number of halogens is 2. The van der Waals surface area contributed by atoms with Gasteiger partial charge in [0.1, 0.15) is 0 Å². The van der Waals surface area contributed by atoms with Gasteiger partial charge in [0.2, 0.25) is 0 Å². The summed E-state index contributed by atoms with van der Waals surface area (Å²) in [6.07, 6.45) is 0. The van der Waals surface area contributed by atoms with Gasteiger partial charge in [-0.3, -0.25) is 0 Å². The average molecular weight is 390 g/mol. The smallest absolute Gasteiger partial charge is 0.208 e. The van der Waals surface area contributed by atoms with Gasteiger partial charge in [-0.25, -0.2) is 15.0 Å². The Kier molecular flexibility index (Phi) is 5.19. The van der Waals surface area contributed by atoms with Gasteiger partial charge < -0.3 is 0 Å². The summed E-state index contributed by atoms with van der Waals surface area (Å²) in [5, 5.41) is 0. The molecule has 0 spiro atoms. The van der Waals surface area contributed by atoms with Crippen molar-refractivity contribution in [1.82, 2.24) is 15.0 Å². The van der Waals surface area contributed by atoms with Crippen molar-refractivity contribution in [2.75, 3.05) is 0 Å². The zero-order valence-corrected chi connectivity index (χ0v) is 15.8. The van der Waals surface area contributed by atoms with Crippen LogP contribution in [0.15, 0.2) is 84.9 Å². The van der Waals surface area contributed by atoms with Gasteiger partial charge in [-0.15, -0.1) is 0 Å². The number of aromatic nitrogens is 3. The first kappa shape index (κ1) is 17.7. The van der Waals surface area contributed by atoms with Gasteiger partial charge in [0.25, 0.3) is 0 Å². The van der Waals surface area contributed by atoms with Crippen molar-refractivity contribution < 1.29 is 0 Å². The lowest BCUT2D eigenvalue weighted by Crippen LogP contribution is -2.17. The Balaban J connectivity index is 1.90. The van der Waals surface area contributed by atoms with Gasteiger partial charge in [-0.2, -0.15) is 22.9 Å². The summed E-state index contributed by atoms with van der Waals surface area (Å²) < 4.78 is 0. The maximum Gasteiger partial charge on any atom is 0.382 e. The highest BCUT2D eigenvalue weighted by molar-refractivity contribution is 7.39. The van der Waals surface area contributed by atoms with E-state index in [9.17, 15) is 0 Å². The third-order valence-electron chi connectivity index (χ3n) is 4.10. The van der Waals surface area contributed by atoms with Crippen LogP contribution in [0.4, 0.5) is 0 Å². The van der Waals surface area contributed by atoms with Gasteiger partial charge >= 0.3 is 5.54 Å². The molecule has 0 aliphatic heterocycles. The summed E-state index contributed by atoms with van der Waals surface area (Å²) >= 11 is 12.1. The van der Waals surface area contributed by atoms with Crippen molar-refractivity contribution in [3.8, 4) is 34.2 Å².